The third-order valence-electron chi connectivity index (χ3n) is 2.78. The maximum absolute atomic E-state index is 11.4. The molecule has 1 N–H and O–H groups in total. The van der Waals surface area contributed by atoms with Crippen LogP contribution in [0.1, 0.15) is 31.4 Å². The summed E-state index contributed by atoms with van der Waals surface area (Å²) in [6.07, 6.45) is 1.58. The van der Waals surface area contributed by atoms with Crippen LogP contribution in [0.5, 0.6) is 0 Å². The Balaban J connectivity index is 2.25. The molecule has 0 saturated carbocycles. The quantitative estimate of drug-likeness (QED) is 0.603. The van der Waals surface area contributed by atoms with Gasteiger partial charge in [-0.25, -0.2) is 0 Å². The van der Waals surface area contributed by atoms with Gasteiger partial charge in [-0.1, -0.05) is 31.2 Å². The highest BCUT2D eigenvalue weighted by molar-refractivity contribution is 5.94. The summed E-state index contributed by atoms with van der Waals surface area (Å²) < 4.78 is 4.70. The maximum atomic E-state index is 11.4. The fraction of sp³-hybridized carbons (Fsp3) is 0.467. The summed E-state index contributed by atoms with van der Waals surface area (Å²) in [6.45, 7) is 4.67. The van der Waals surface area contributed by atoms with Gasteiger partial charge in [0.2, 0.25) is 5.91 Å². The molecule has 0 aliphatic heterocycles. The molecular weight excluding hydrogens is 242 g/mol. The highest BCUT2D eigenvalue weighted by atomic mass is 16.5. The molecule has 1 aromatic carbocycles. The van der Waals surface area contributed by atoms with Crippen LogP contribution in [0.15, 0.2) is 24.3 Å². The van der Waals surface area contributed by atoms with E-state index in [-0.39, 0.29) is 12.3 Å². The Morgan fingerprint density at radius 1 is 1.11 bits per heavy atom. The Morgan fingerprint density at radius 2 is 1.74 bits per heavy atom. The highest BCUT2D eigenvalue weighted by Gasteiger charge is 2.09. The van der Waals surface area contributed by atoms with E-state index in [9.17, 15) is 9.59 Å². The first-order valence-electron chi connectivity index (χ1n) is 6.65. The summed E-state index contributed by atoms with van der Waals surface area (Å²) in [7, 11) is 0. The standard InChI is InChI=1S/C15H21NO3/c1-3-12-5-7-13(8-6-12)9-10-16-14(17)11-15(18)19-4-2/h5-8H,3-4,9-11H2,1-2H3,(H,16,17). The zero-order valence-corrected chi connectivity index (χ0v) is 11.6. The number of carbonyl (C=O) groups is 2. The molecule has 1 rings (SSSR count). The van der Waals surface area contributed by atoms with Gasteiger partial charge in [-0.3, -0.25) is 9.59 Å². The minimum Gasteiger partial charge on any atom is -0.466 e. The largest absolute Gasteiger partial charge is 0.466 e. The van der Waals surface area contributed by atoms with Crippen molar-refractivity contribution in [3.8, 4) is 0 Å². The molecule has 1 amide bonds. The van der Waals surface area contributed by atoms with Crippen molar-refractivity contribution < 1.29 is 14.3 Å². The van der Waals surface area contributed by atoms with Gasteiger partial charge in [-0.15, -0.1) is 0 Å². The molecule has 1 aromatic rings. The van der Waals surface area contributed by atoms with Gasteiger partial charge in [-0.05, 0) is 30.9 Å². The molecule has 0 radical (unpaired) electrons. The second-order valence-electron chi connectivity index (χ2n) is 4.25. The number of hydrogen-bond donors (Lipinski definition) is 1. The molecule has 0 aliphatic rings. The lowest BCUT2D eigenvalue weighted by molar-refractivity contribution is -0.145. The number of esters is 1. The molecule has 4 heteroatoms. The lowest BCUT2D eigenvalue weighted by Gasteiger charge is -2.06. The molecule has 0 aromatic heterocycles. The van der Waals surface area contributed by atoms with E-state index in [1.807, 2.05) is 0 Å². The number of amides is 1. The van der Waals surface area contributed by atoms with Gasteiger partial charge in [0.1, 0.15) is 6.42 Å². The second-order valence-corrected chi connectivity index (χ2v) is 4.25. The first-order valence-corrected chi connectivity index (χ1v) is 6.65. The zero-order valence-electron chi connectivity index (χ0n) is 11.6. The Bertz CT molecular complexity index is 412. The normalized spacial score (nSPS) is 10.0. The minimum absolute atomic E-state index is 0.206. The SMILES string of the molecule is CCOC(=O)CC(=O)NCCc1ccc(CC)cc1. The fourth-order valence-corrected chi connectivity index (χ4v) is 1.69. The van der Waals surface area contributed by atoms with Crippen LogP contribution in [0.2, 0.25) is 0 Å². The van der Waals surface area contributed by atoms with Gasteiger partial charge in [0.05, 0.1) is 6.61 Å². The monoisotopic (exact) mass is 263 g/mol. The van der Waals surface area contributed by atoms with Crippen LogP contribution in [0.3, 0.4) is 0 Å². The summed E-state index contributed by atoms with van der Waals surface area (Å²) >= 11 is 0. The number of carbonyl (C=O) groups excluding carboxylic acids is 2. The van der Waals surface area contributed by atoms with Crippen molar-refractivity contribution in [3.63, 3.8) is 0 Å². The molecule has 19 heavy (non-hydrogen) atoms. The van der Waals surface area contributed by atoms with Crippen LogP contribution in [0.25, 0.3) is 0 Å². The zero-order chi connectivity index (χ0) is 14.1. The molecule has 0 saturated heterocycles. The maximum Gasteiger partial charge on any atom is 0.315 e. The van der Waals surface area contributed by atoms with E-state index < -0.39 is 5.97 Å². The lowest BCUT2D eigenvalue weighted by atomic mass is 10.1. The molecule has 0 bridgehead atoms. The smallest absolute Gasteiger partial charge is 0.315 e. The molecule has 0 fully saturated rings. The Hall–Kier alpha value is -1.84. The van der Waals surface area contributed by atoms with Crippen LogP contribution in [-0.4, -0.2) is 25.0 Å². The van der Waals surface area contributed by atoms with Crippen LogP contribution < -0.4 is 5.32 Å². The van der Waals surface area contributed by atoms with Gasteiger partial charge < -0.3 is 10.1 Å². The topological polar surface area (TPSA) is 55.4 Å². The highest BCUT2D eigenvalue weighted by Crippen LogP contribution is 2.05. The Morgan fingerprint density at radius 3 is 2.32 bits per heavy atom. The van der Waals surface area contributed by atoms with Crippen molar-refractivity contribution in [2.75, 3.05) is 13.2 Å². The number of aryl methyl sites for hydroxylation is 1. The van der Waals surface area contributed by atoms with Gasteiger partial charge in [0.15, 0.2) is 0 Å². The van der Waals surface area contributed by atoms with Crippen molar-refractivity contribution in [3.05, 3.63) is 35.4 Å². The number of nitrogens with one attached hydrogen (secondary N) is 1. The van der Waals surface area contributed by atoms with Gasteiger partial charge in [0, 0.05) is 6.54 Å². The molecule has 104 valence electrons. The first kappa shape index (κ1) is 15.2. The second kappa shape index (κ2) is 8.29. The number of benzene rings is 1. The van der Waals surface area contributed by atoms with E-state index >= 15 is 0 Å². The van der Waals surface area contributed by atoms with E-state index in [0.717, 1.165) is 12.8 Å². The van der Waals surface area contributed by atoms with Crippen molar-refractivity contribution >= 4 is 11.9 Å². The lowest BCUT2D eigenvalue weighted by Crippen LogP contribution is -2.28. The van der Waals surface area contributed by atoms with Gasteiger partial charge in [-0.2, -0.15) is 0 Å². The van der Waals surface area contributed by atoms with Crippen molar-refractivity contribution in [2.24, 2.45) is 0 Å². The van der Waals surface area contributed by atoms with Crippen LogP contribution >= 0.6 is 0 Å². The summed E-state index contributed by atoms with van der Waals surface area (Å²) in [4.78, 5) is 22.5. The molecule has 0 aliphatic carbocycles. The van der Waals surface area contributed by atoms with Crippen molar-refractivity contribution in [1.29, 1.82) is 0 Å². The molecular formula is C15H21NO3. The van der Waals surface area contributed by atoms with E-state index in [2.05, 4.69) is 36.5 Å². The molecule has 0 atom stereocenters. The molecule has 0 spiro atoms. The van der Waals surface area contributed by atoms with Crippen LogP contribution in [0.4, 0.5) is 0 Å². The van der Waals surface area contributed by atoms with Crippen LogP contribution in [-0.2, 0) is 27.2 Å². The third-order valence-corrected chi connectivity index (χ3v) is 2.78. The van der Waals surface area contributed by atoms with Crippen molar-refractivity contribution in [2.45, 2.75) is 33.1 Å². The number of hydrogen-bond acceptors (Lipinski definition) is 3. The summed E-state index contributed by atoms with van der Waals surface area (Å²) in [5.41, 5.74) is 2.48. The fourth-order valence-electron chi connectivity index (χ4n) is 1.69. The molecule has 4 nitrogen and oxygen atoms in total. The van der Waals surface area contributed by atoms with E-state index in [0.29, 0.717) is 13.2 Å². The summed E-state index contributed by atoms with van der Waals surface area (Å²) in [6, 6.07) is 8.32. The average molecular weight is 263 g/mol. The average Bonchev–Trinajstić information content (AvgIpc) is 2.39. The summed E-state index contributed by atoms with van der Waals surface area (Å²) in [5.74, 6) is -0.768. The first-order chi connectivity index (χ1) is 9.15. The minimum atomic E-state index is -0.479. The Labute approximate surface area is 114 Å². The molecule has 0 heterocycles. The van der Waals surface area contributed by atoms with Gasteiger partial charge in [0.25, 0.3) is 0 Å². The predicted octanol–water partition coefficient (Wildman–Crippen LogP) is 1.86. The summed E-state index contributed by atoms with van der Waals surface area (Å²) in [5, 5.41) is 2.71. The predicted molar refractivity (Wildman–Crippen MR) is 73.8 cm³/mol. The van der Waals surface area contributed by atoms with E-state index in [1.54, 1.807) is 6.92 Å². The van der Waals surface area contributed by atoms with E-state index in [4.69, 9.17) is 4.74 Å². The Kier molecular flexibility index (Phi) is 6.64. The van der Waals surface area contributed by atoms with E-state index in [1.165, 1.54) is 11.1 Å². The van der Waals surface area contributed by atoms with Crippen molar-refractivity contribution in [1.82, 2.24) is 5.32 Å². The number of ether oxygens (including phenoxy) is 1. The number of rotatable bonds is 7. The third kappa shape index (κ3) is 6.04. The molecule has 0 unspecified atom stereocenters. The van der Waals surface area contributed by atoms with Crippen LogP contribution in [0, 0.1) is 0 Å². The van der Waals surface area contributed by atoms with Gasteiger partial charge >= 0.3 is 5.97 Å².